The summed E-state index contributed by atoms with van der Waals surface area (Å²) in [6, 6.07) is 9.56. The highest BCUT2D eigenvalue weighted by Crippen LogP contribution is 2.16. The minimum Gasteiger partial charge on any atom is -0.378 e. The van der Waals surface area contributed by atoms with Crippen molar-refractivity contribution < 1.29 is 4.39 Å². The Bertz CT molecular complexity index is 548. The van der Waals surface area contributed by atoms with Gasteiger partial charge in [0.1, 0.15) is 11.9 Å². The van der Waals surface area contributed by atoms with Gasteiger partial charge in [-0.1, -0.05) is 0 Å². The van der Waals surface area contributed by atoms with E-state index in [0.29, 0.717) is 12.2 Å². The van der Waals surface area contributed by atoms with Crippen molar-refractivity contribution in [3.63, 3.8) is 0 Å². The Morgan fingerprint density at radius 1 is 1.35 bits per heavy atom. The lowest BCUT2D eigenvalue weighted by molar-refractivity contribution is 0.627. The summed E-state index contributed by atoms with van der Waals surface area (Å²) in [5, 5.41) is 19.5. The van der Waals surface area contributed by atoms with E-state index in [1.165, 1.54) is 18.2 Å². The average molecular weight is 228 g/mol. The van der Waals surface area contributed by atoms with Crippen LogP contribution in [0.25, 0.3) is 0 Å². The van der Waals surface area contributed by atoms with Crippen molar-refractivity contribution in [1.29, 1.82) is 5.26 Å². The largest absolute Gasteiger partial charge is 0.378 e. The molecule has 0 unspecified atom stereocenters. The Hall–Kier alpha value is -2.48. The molecule has 5 heteroatoms. The van der Waals surface area contributed by atoms with Gasteiger partial charge in [-0.15, -0.1) is 0 Å². The first-order chi connectivity index (χ1) is 8.29. The van der Waals surface area contributed by atoms with Crippen LogP contribution < -0.4 is 5.32 Å². The number of benzene rings is 1. The first-order valence-corrected chi connectivity index (χ1v) is 4.99. The Morgan fingerprint density at radius 3 is 2.94 bits per heavy atom. The van der Waals surface area contributed by atoms with Gasteiger partial charge in [0.05, 0.1) is 23.5 Å². The zero-order valence-corrected chi connectivity index (χ0v) is 8.89. The topological polar surface area (TPSA) is 61.6 Å². The van der Waals surface area contributed by atoms with Crippen LogP contribution in [0.5, 0.6) is 0 Å². The Balaban J connectivity index is 2.12. The van der Waals surface area contributed by atoms with E-state index in [1.54, 1.807) is 12.3 Å². The molecule has 2 aromatic rings. The number of anilines is 1. The average Bonchev–Trinajstić information content (AvgIpc) is 2.38. The first-order valence-electron chi connectivity index (χ1n) is 4.99. The van der Waals surface area contributed by atoms with Gasteiger partial charge >= 0.3 is 0 Å². The van der Waals surface area contributed by atoms with E-state index in [-0.39, 0.29) is 5.56 Å². The lowest BCUT2D eigenvalue weighted by Gasteiger charge is -2.07. The second kappa shape index (κ2) is 5.03. The van der Waals surface area contributed by atoms with Crippen molar-refractivity contribution in [2.45, 2.75) is 6.54 Å². The van der Waals surface area contributed by atoms with Gasteiger partial charge in [-0.3, -0.25) is 0 Å². The predicted molar refractivity (Wildman–Crippen MR) is 60.5 cm³/mol. The third-order valence-electron chi connectivity index (χ3n) is 2.19. The molecule has 84 valence electrons. The molecule has 0 saturated heterocycles. The van der Waals surface area contributed by atoms with Gasteiger partial charge < -0.3 is 5.32 Å². The van der Waals surface area contributed by atoms with Crippen LogP contribution in [0.1, 0.15) is 11.3 Å². The van der Waals surface area contributed by atoms with Gasteiger partial charge in [0, 0.05) is 6.20 Å². The normalized spacial score (nSPS) is 9.65. The van der Waals surface area contributed by atoms with Gasteiger partial charge in [-0.25, -0.2) is 4.39 Å². The maximum atomic E-state index is 12.9. The molecule has 0 spiro atoms. The number of rotatable bonds is 3. The molecular weight excluding hydrogens is 219 g/mol. The Kier molecular flexibility index (Phi) is 3.26. The SMILES string of the molecule is N#Cc1cc(F)ccc1NCc1cccnn1. The van der Waals surface area contributed by atoms with Crippen LogP contribution >= 0.6 is 0 Å². The second-order valence-electron chi connectivity index (χ2n) is 3.37. The van der Waals surface area contributed by atoms with E-state index in [2.05, 4.69) is 15.5 Å². The molecule has 0 aliphatic carbocycles. The Labute approximate surface area is 97.7 Å². The van der Waals surface area contributed by atoms with Crippen LogP contribution in [0.4, 0.5) is 10.1 Å². The second-order valence-corrected chi connectivity index (χ2v) is 3.37. The highest BCUT2D eigenvalue weighted by molar-refractivity contribution is 5.57. The van der Waals surface area contributed by atoms with Crippen LogP contribution in [0.2, 0.25) is 0 Å². The van der Waals surface area contributed by atoms with Crippen molar-refractivity contribution in [3.8, 4) is 6.07 Å². The molecule has 2 rings (SSSR count). The standard InChI is InChI=1S/C12H9FN4/c13-10-3-4-12(9(6-10)7-14)15-8-11-2-1-5-16-17-11/h1-6,15H,8H2. The van der Waals surface area contributed by atoms with Crippen LogP contribution in [-0.4, -0.2) is 10.2 Å². The molecule has 1 N–H and O–H groups in total. The quantitative estimate of drug-likeness (QED) is 0.873. The van der Waals surface area contributed by atoms with Crippen molar-refractivity contribution >= 4 is 5.69 Å². The van der Waals surface area contributed by atoms with Crippen LogP contribution in [0.3, 0.4) is 0 Å². The van der Waals surface area contributed by atoms with Gasteiger partial charge in [0.2, 0.25) is 0 Å². The summed E-state index contributed by atoms with van der Waals surface area (Å²) in [6.45, 7) is 0.439. The summed E-state index contributed by atoms with van der Waals surface area (Å²) in [5.74, 6) is -0.424. The fourth-order valence-electron chi connectivity index (χ4n) is 1.38. The van der Waals surface area contributed by atoms with E-state index in [4.69, 9.17) is 5.26 Å². The third-order valence-corrected chi connectivity index (χ3v) is 2.19. The number of halogens is 1. The van der Waals surface area contributed by atoms with Gasteiger partial charge in [0.25, 0.3) is 0 Å². The summed E-state index contributed by atoms with van der Waals surface area (Å²) in [7, 11) is 0. The molecule has 0 bridgehead atoms. The van der Waals surface area contributed by atoms with Crippen molar-refractivity contribution in [2.75, 3.05) is 5.32 Å². The minimum atomic E-state index is -0.424. The van der Waals surface area contributed by atoms with E-state index in [9.17, 15) is 4.39 Å². The number of hydrogen-bond acceptors (Lipinski definition) is 4. The summed E-state index contributed by atoms with van der Waals surface area (Å²) in [4.78, 5) is 0. The minimum absolute atomic E-state index is 0.272. The highest BCUT2D eigenvalue weighted by Gasteiger charge is 2.03. The molecule has 0 fully saturated rings. The molecule has 0 radical (unpaired) electrons. The van der Waals surface area contributed by atoms with Crippen LogP contribution in [0.15, 0.2) is 36.5 Å². The smallest absolute Gasteiger partial charge is 0.124 e. The van der Waals surface area contributed by atoms with Crippen molar-refractivity contribution in [2.24, 2.45) is 0 Å². The molecular formula is C12H9FN4. The number of nitrogens with zero attached hydrogens (tertiary/aromatic N) is 3. The van der Waals surface area contributed by atoms with Gasteiger partial charge in [-0.05, 0) is 30.3 Å². The number of nitrogens with one attached hydrogen (secondary N) is 1. The van der Waals surface area contributed by atoms with Gasteiger partial charge in [-0.2, -0.15) is 15.5 Å². The van der Waals surface area contributed by atoms with E-state index in [1.807, 2.05) is 12.1 Å². The monoisotopic (exact) mass is 228 g/mol. The number of aromatic nitrogens is 2. The van der Waals surface area contributed by atoms with E-state index >= 15 is 0 Å². The Morgan fingerprint density at radius 2 is 2.24 bits per heavy atom. The van der Waals surface area contributed by atoms with E-state index < -0.39 is 5.82 Å². The molecule has 17 heavy (non-hydrogen) atoms. The summed E-state index contributed by atoms with van der Waals surface area (Å²) >= 11 is 0. The predicted octanol–water partition coefficient (Wildman–Crippen LogP) is 2.10. The highest BCUT2D eigenvalue weighted by atomic mass is 19.1. The zero-order valence-electron chi connectivity index (χ0n) is 8.89. The summed E-state index contributed by atoms with van der Waals surface area (Å²) in [5.41, 5.74) is 1.61. The maximum Gasteiger partial charge on any atom is 0.124 e. The summed E-state index contributed by atoms with van der Waals surface area (Å²) < 4.78 is 12.9. The number of hydrogen-bond donors (Lipinski definition) is 1. The maximum absolute atomic E-state index is 12.9. The molecule has 0 saturated carbocycles. The molecule has 0 aliphatic rings. The lowest BCUT2D eigenvalue weighted by Crippen LogP contribution is -2.03. The molecule has 0 aliphatic heterocycles. The molecule has 4 nitrogen and oxygen atoms in total. The van der Waals surface area contributed by atoms with Crippen molar-refractivity contribution in [3.05, 3.63) is 53.6 Å². The molecule has 0 atom stereocenters. The lowest BCUT2D eigenvalue weighted by atomic mass is 10.2. The number of nitriles is 1. The molecule has 0 amide bonds. The van der Waals surface area contributed by atoms with E-state index in [0.717, 1.165) is 5.69 Å². The fourth-order valence-corrected chi connectivity index (χ4v) is 1.38. The third kappa shape index (κ3) is 2.75. The van der Waals surface area contributed by atoms with Crippen molar-refractivity contribution in [1.82, 2.24) is 10.2 Å². The van der Waals surface area contributed by atoms with Crippen LogP contribution in [0, 0.1) is 17.1 Å². The fraction of sp³-hybridized carbons (Fsp3) is 0.0833. The van der Waals surface area contributed by atoms with Crippen LogP contribution in [-0.2, 0) is 6.54 Å². The van der Waals surface area contributed by atoms with Gasteiger partial charge in [0.15, 0.2) is 0 Å². The zero-order chi connectivity index (χ0) is 12.1. The molecule has 1 heterocycles. The first kappa shape index (κ1) is 11.0. The molecule has 1 aromatic carbocycles. The molecule has 1 aromatic heterocycles. The summed E-state index contributed by atoms with van der Waals surface area (Å²) in [6.07, 6.45) is 1.59.